The summed E-state index contributed by atoms with van der Waals surface area (Å²) in [5, 5.41) is 6.51. The van der Waals surface area contributed by atoms with E-state index < -0.39 is 0 Å². The molecule has 2 rings (SSSR count). The first-order valence-corrected chi connectivity index (χ1v) is 8.85. The quantitative estimate of drug-likeness (QED) is 0.350. The van der Waals surface area contributed by atoms with E-state index in [1.165, 1.54) is 0 Å². The molecule has 0 saturated carbocycles. The Kier molecular flexibility index (Phi) is 10.3. The van der Waals surface area contributed by atoms with E-state index in [1.54, 1.807) is 32.3 Å². The van der Waals surface area contributed by atoms with Crippen LogP contribution in [0.25, 0.3) is 0 Å². The van der Waals surface area contributed by atoms with Crippen molar-refractivity contribution in [3.8, 4) is 5.88 Å². The first kappa shape index (κ1) is 23.7. The van der Waals surface area contributed by atoms with Crippen LogP contribution in [0.4, 0.5) is 0 Å². The Hall–Kier alpha value is -2.36. The van der Waals surface area contributed by atoms with Crippen LogP contribution >= 0.6 is 24.0 Å². The Morgan fingerprint density at radius 2 is 1.89 bits per heavy atom. The average Bonchev–Trinajstić information content (AvgIpc) is 2.70. The third-order valence-electron chi connectivity index (χ3n) is 3.86. The molecule has 0 saturated heterocycles. The van der Waals surface area contributed by atoms with Crippen LogP contribution in [0.3, 0.4) is 0 Å². The molecule has 28 heavy (non-hydrogen) atoms. The number of carbonyl (C=O) groups excluding carboxylic acids is 1. The Labute approximate surface area is 183 Å². The van der Waals surface area contributed by atoms with Gasteiger partial charge in [-0.05, 0) is 30.7 Å². The van der Waals surface area contributed by atoms with Gasteiger partial charge in [-0.15, -0.1) is 24.0 Å². The van der Waals surface area contributed by atoms with Crippen LogP contribution in [-0.2, 0) is 13.1 Å². The van der Waals surface area contributed by atoms with E-state index in [2.05, 4.69) is 20.6 Å². The summed E-state index contributed by atoms with van der Waals surface area (Å²) in [6, 6.07) is 11.3. The predicted molar refractivity (Wildman–Crippen MR) is 122 cm³/mol. The zero-order valence-corrected chi connectivity index (χ0v) is 19.1. The molecule has 1 heterocycles. The lowest BCUT2D eigenvalue weighted by Crippen LogP contribution is -2.36. The molecule has 0 unspecified atom stereocenters. The summed E-state index contributed by atoms with van der Waals surface area (Å²) in [7, 11) is 5.09. The number of nitrogens with zero attached hydrogens (tertiary/aromatic N) is 3. The number of aliphatic imine (C=N–C) groups is 1. The molecule has 0 spiro atoms. The summed E-state index contributed by atoms with van der Waals surface area (Å²) in [5.74, 6) is 1.30. The van der Waals surface area contributed by atoms with Crippen LogP contribution < -0.4 is 15.4 Å². The second-order valence-corrected chi connectivity index (χ2v) is 6.12. The molecule has 0 aliphatic heterocycles. The number of ether oxygens (including phenoxy) is 1. The molecule has 7 nitrogen and oxygen atoms in total. The fourth-order valence-corrected chi connectivity index (χ4v) is 2.44. The standard InChI is InChI=1S/C20H27N5O2.HI/c1-5-21-20(24-14-17-7-6-12-22-18(17)27-4)23-13-15-8-10-16(11-9-15)19(26)25(2)3;/h6-12H,5,13-14H2,1-4H3,(H2,21,23,24);1H. The topological polar surface area (TPSA) is 78.9 Å². The highest BCUT2D eigenvalue weighted by atomic mass is 127. The largest absolute Gasteiger partial charge is 0.481 e. The fourth-order valence-electron chi connectivity index (χ4n) is 2.44. The zero-order valence-electron chi connectivity index (χ0n) is 16.7. The number of pyridine rings is 1. The van der Waals surface area contributed by atoms with E-state index in [1.807, 2.05) is 43.3 Å². The summed E-state index contributed by atoms with van der Waals surface area (Å²) >= 11 is 0. The van der Waals surface area contributed by atoms with Crippen LogP contribution in [-0.4, -0.2) is 49.5 Å². The van der Waals surface area contributed by atoms with Gasteiger partial charge in [0.15, 0.2) is 5.96 Å². The van der Waals surface area contributed by atoms with Gasteiger partial charge < -0.3 is 20.3 Å². The monoisotopic (exact) mass is 497 g/mol. The molecule has 0 bridgehead atoms. The second-order valence-electron chi connectivity index (χ2n) is 6.12. The minimum Gasteiger partial charge on any atom is -0.481 e. The molecule has 0 radical (unpaired) electrons. The maximum absolute atomic E-state index is 11.9. The molecule has 8 heteroatoms. The van der Waals surface area contributed by atoms with E-state index >= 15 is 0 Å². The average molecular weight is 497 g/mol. The zero-order chi connectivity index (χ0) is 19.6. The number of guanidine groups is 1. The van der Waals surface area contributed by atoms with Crippen molar-refractivity contribution in [3.63, 3.8) is 0 Å². The SMILES string of the molecule is CCNC(=NCc1ccc(C(=O)N(C)C)cc1)NCc1cccnc1OC.I. The Morgan fingerprint density at radius 3 is 2.50 bits per heavy atom. The summed E-state index contributed by atoms with van der Waals surface area (Å²) in [6.45, 7) is 3.84. The third kappa shape index (κ3) is 6.99. The lowest BCUT2D eigenvalue weighted by molar-refractivity contribution is 0.0827. The van der Waals surface area contributed by atoms with E-state index in [0.717, 1.165) is 17.7 Å². The molecule has 1 aromatic heterocycles. The van der Waals surface area contributed by atoms with Gasteiger partial charge in [0.05, 0.1) is 13.7 Å². The van der Waals surface area contributed by atoms with Crippen molar-refractivity contribution in [2.24, 2.45) is 4.99 Å². The van der Waals surface area contributed by atoms with Crippen molar-refractivity contribution in [1.29, 1.82) is 0 Å². The normalized spacial score (nSPS) is 10.6. The van der Waals surface area contributed by atoms with E-state index in [-0.39, 0.29) is 29.9 Å². The summed E-state index contributed by atoms with van der Waals surface area (Å²) < 4.78 is 5.27. The molecular weight excluding hydrogens is 469 g/mol. The number of halogens is 1. The minimum absolute atomic E-state index is 0. The molecule has 0 atom stereocenters. The minimum atomic E-state index is -0.00882. The van der Waals surface area contributed by atoms with Gasteiger partial charge in [-0.1, -0.05) is 18.2 Å². The lowest BCUT2D eigenvalue weighted by atomic mass is 10.1. The van der Waals surface area contributed by atoms with Crippen molar-refractivity contribution >= 4 is 35.8 Å². The van der Waals surface area contributed by atoms with Crippen LogP contribution in [0.2, 0.25) is 0 Å². The van der Waals surface area contributed by atoms with Gasteiger partial charge in [0.25, 0.3) is 5.91 Å². The molecule has 152 valence electrons. The third-order valence-corrected chi connectivity index (χ3v) is 3.86. The van der Waals surface area contributed by atoms with Gasteiger partial charge >= 0.3 is 0 Å². The van der Waals surface area contributed by atoms with Crippen molar-refractivity contribution in [3.05, 3.63) is 59.3 Å². The predicted octanol–water partition coefficient (Wildman–Crippen LogP) is 2.67. The van der Waals surface area contributed by atoms with E-state index in [9.17, 15) is 4.79 Å². The van der Waals surface area contributed by atoms with Crippen molar-refractivity contribution in [2.45, 2.75) is 20.0 Å². The summed E-state index contributed by atoms with van der Waals surface area (Å²) in [6.07, 6.45) is 1.70. The van der Waals surface area contributed by atoms with Gasteiger partial charge in [-0.3, -0.25) is 4.79 Å². The maximum Gasteiger partial charge on any atom is 0.253 e. The lowest BCUT2D eigenvalue weighted by Gasteiger charge is -2.13. The number of nitrogens with one attached hydrogen (secondary N) is 2. The number of aromatic nitrogens is 1. The smallest absolute Gasteiger partial charge is 0.253 e. The number of amides is 1. The molecule has 2 aromatic rings. The number of carbonyl (C=O) groups is 1. The number of hydrogen-bond acceptors (Lipinski definition) is 4. The molecular formula is C20H28IN5O2. The highest BCUT2D eigenvalue weighted by molar-refractivity contribution is 14.0. The van der Waals surface area contributed by atoms with E-state index in [0.29, 0.717) is 30.5 Å². The first-order valence-electron chi connectivity index (χ1n) is 8.85. The highest BCUT2D eigenvalue weighted by Gasteiger charge is 2.07. The second kappa shape index (κ2) is 12.2. The Bertz CT molecular complexity index is 778. The van der Waals surface area contributed by atoms with Gasteiger partial charge in [0.2, 0.25) is 5.88 Å². The molecule has 1 amide bonds. The molecule has 0 aliphatic rings. The first-order chi connectivity index (χ1) is 13.0. The van der Waals surface area contributed by atoms with E-state index in [4.69, 9.17) is 4.74 Å². The molecule has 0 fully saturated rings. The molecule has 0 aliphatic carbocycles. The maximum atomic E-state index is 11.9. The van der Waals surface area contributed by atoms with Gasteiger partial charge in [0, 0.05) is 44.5 Å². The number of hydrogen-bond donors (Lipinski definition) is 2. The van der Waals surface area contributed by atoms with Crippen molar-refractivity contribution in [1.82, 2.24) is 20.5 Å². The fraction of sp³-hybridized carbons (Fsp3) is 0.350. The van der Waals surface area contributed by atoms with Gasteiger partial charge in [-0.25, -0.2) is 9.98 Å². The number of rotatable bonds is 7. The highest BCUT2D eigenvalue weighted by Crippen LogP contribution is 2.13. The van der Waals surface area contributed by atoms with Gasteiger partial charge in [0.1, 0.15) is 0 Å². The Balaban J connectivity index is 0.00000392. The van der Waals surface area contributed by atoms with Crippen molar-refractivity contribution in [2.75, 3.05) is 27.7 Å². The van der Waals surface area contributed by atoms with Gasteiger partial charge in [-0.2, -0.15) is 0 Å². The summed E-state index contributed by atoms with van der Waals surface area (Å²) in [5.41, 5.74) is 2.65. The number of methoxy groups -OCH3 is 1. The molecule has 1 aromatic carbocycles. The van der Waals surface area contributed by atoms with Crippen LogP contribution in [0.15, 0.2) is 47.6 Å². The van der Waals surface area contributed by atoms with Crippen LogP contribution in [0, 0.1) is 0 Å². The Morgan fingerprint density at radius 1 is 1.18 bits per heavy atom. The summed E-state index contributed by atoms with van der Waals surface area (Å²) in [4.78, 5) is 22.3. The number of benzene rings is 1. The van der Waals surface area contributed by atoms with Crippen LogP contribution in [0.1, 0.15) is 28.4 Å². The van der Waals surface area contributed by atoms with Crippen LogP contribution in [0.5, 0.6) is 5.88 Å². The molecule has 2 N–H and O–H groups in total. The van der Waals surface area contributed by atoms with Crippen molar-refractivity contribution < 1.29 is 9.53 Å².